The van der Waals surface area contributed by atoms with Crippen LogP contribution in [0.4, 0.5) is 21.9 Å². The van der Waals surface area contributed by atoms with Gasteiger partial charge in [0.05, 0.1) is 33.7 Å². The van der Waals surface area contributed by atoms with Crippen LogP contribution in [0, 0.1) is 0 Å². The highest BCUT2D eigenvalue weighted by atomic mass is 32.1. The van der Waals surface area contributed by atoms with Crippen molar-refractivity contribution in [1.82, 2.24) is 10.2 Å². The molecule has 3 N–H and O–H groups in total. The van der Waals surface area contributed by atoms with Crippen LogP contribution in [0.1, 0.15) is 41.4 Å². The summed E-state index contributed by atoms with van der Waals surface area (Å²) in [6.07, 6.45) is 6.20. The van der Waals surface area contributed by atoms with Crippen LogP contribution in [0.2, 0.25) is 0 Å². The van der Waals surface area contributed by atoms with E-state index in [0.29, 0.717) is 23.9 Å². The van der Waals surface area contributed by atoms with E-state index in [0.717, 1.165) is 58.2 Å². The van der Waals surface area contributed by atoms with Crippen molar-refractivity contribution >= 4 is 50.4 Å². The Hall–Kier alpha value is -3.56. The molecule has 3 atom stereocenters. The van der Waals surface area contributed by atoms with Crippen LogP contribution in [0.15, 0.2) is 54.8 Å². The molecule has 9 heteroatoms. The third-order valence-electron chi connectivity index (χ3n) is 7.66. The fraction of sp³-hybridized carbons (Fsp3) is 0.379. The summed E-state index contributed by atoms with van der Waals surface area (Å²) in [6.45, 7) is 2.58. The van der Waals surface area contributed by atoms with Crippen LogP contribution in [-0.4, -0.2) is 59.8 Å². The monoisotopic (exact) mass is 532 g/mol. The highest BCUT2D eigenvalue weighted by molar-refractivity contribution is 7.21. The fourth-order valence-corrected chi connectivity index (χ4v) is 6.65. The molecular weight excluding hydrogens is 500 g/mol. The van der Waals surface area contributed by atoms with Gasteiger partial charge >= 0.3 is 6.03 Å². The van der Waals surface area contributed by atoms with Gasteiger partial charge in [0, 0.05) is 37.1 Å². The standard InChI is InChI=1S/C29H32N4O4S/c1-17-12-19-13-21(8-9-25(19)33(17)29(36)31-20-6-7-20)30-24-5-3-4-18-14-26(38-27(18)24)28(35)32-16-23(37-2)15-22(32)10-11-34/h3-5,8-11,13-14,17,20,22-23,30,34H,6-7,12,15-16H2,1-2H3,(H,31,36)/b11-10+/t17?,22?,23-/m1/s1. The number of likely N-dealkylation sites (tertiary alicyclic amines) is 1. The smallest absolute Gasteiger partial charge is 0.322 e. The van der Waals surface area contributed by atoms with Crippen molar-refractivity contribution in [3.8, 4) is 0 Å². The van der Waals surface area contributed by atoms with Crippen LogP contribution in [-0.2, 0) is 11.2 Å². The van der Waals surface area contributed by atoms with E-state index in [4.69, 9.17) is 4.74 Å². The van der Waals surface area contributed by atoms with Crippen molar-refractivity contribution < 1.29 is 19.4 Å². The van der Waals surface area contributed by atoms with Gasteiger partial charge in [-0.15, -0.1) is 11.3 Å². The van der Waals surface area contributed by atoms with Crippen molar-refractivity contribution in [3.05, 3.63) is 65.2 Å². The predicted molar refractivity (Wildman–Crippen MR) is 151 cm³/mol. The minimum absolute atomic E-state index is 0.00782. The number of ether oxygens (including phenoxy) is 1. The number of nitrogens with one attached hydrogen (secondary N) is 2. The van der Waals surface area contributed by atoms with E-state index in [1.807, 2.05) is 41.3 Å². The highest BCUT2D eigenvalue weighted by Crippen LogP contribution is 2.38. The lowest BCUT2D eigenvalue weighted by Gasteiger charge is -2.23. The van der Waals surface area contributed by atoms with E-state index in [2.05, 4.69) is 23.6 Å². The Balaban J connectivity index is 1.23. The summed E-state index contributed by atoms with van der Waals surface area (Å²) in [5, 5.41) is 17.0. The largest absolute Gasteiger partial charge is 0.516 e. The van der Waals surface area contributed by atoms with Crippen LogP contribution >= 0.6 is 11.3 Å². The number of hydrogen-bond acceptors (Lipinski definition) is 6. The molecule has 1 aliphatic carbocycles. The number of aliphatic hydroxyl groups is 1. The van der Waals surface area contributed by atoms with Gasteiger partial charge in [-0.2, -0.15) is 0 Å². The molecule has 3 heterocycles. The van der Waals surface area contributed by atoms with E-state index in [9.17, 15) is 14.7 Å². The average Bonchev–Trinajstić information content (AvgIpc) is 3.32. The van der Waals surface area contributed by atoms with Crippen LogP contribution in [0.25, 0.3) is 10.1 Å². The molecule has 1 aromatic heterocycles. The highest BCUT2D eigenvalue weighted by Gasteiger charge is 2.36. The number of urea groups is 1. The number of rotatable bonds is 6. The summed E-state index contributed by atoms with van der Waals surface area (Å²) < 4.78 is 6.49. The summed E-state index contributed by atoms with van der Waals surface area (Å²) >= 11 is 1.47. The second-order valence-corrected chi connectivity index (χ2v) is 11.5. The molecule has 3 amide bonds. The number of carbonyl (C=O) groups excluding carboxylic acids is 2. The van der Waals surface area contributed by atoms with Crippen LogP contribution in [0.3, 0.4) is 0 Å². The van der Waals surface area contributed by atoms with Crippen molar-refractivity contribution in [2.75, 3.05) is 23.9 Å². The maximum Gasteiger partial charge on any atom is 0.322 e. The SMILES string of the molecule is CO[C@@H]1CC(/C=C/O)N(C(=O)c2cc3cccc(Nc4ccc5c(c4)CC(C)N5C(=O)NC4CC4)c3s2)C1. The first-order valence-electron chi connectivity index (χ1n) is 13.1. The molecule has 6 rings (SSSR count). The summed E-state index contributed by atoms with van der Waals surface area (Å²) in [7, 11) is 1.65. The lowest BCUT2D eigenvalue weighted by atomic mass is 10.1. The second-order valence-electron chi connectivity index (χ2n) is 10.4. The van der Waals surface area contributed by atoms with E-state index < -0.39 is 0 Å². The maximum absolute atomic E-state index is 13.5. The van der Waals surface area contributed by atoms with Crippen LogP contribution in [0.5, 0.6) is 0 Å². The number of fused-ring (bicyclic) bond motifs is 2. The summed E-state index contributed by atoms with van der Waals surface area (Å²) in [5.74, 6) is -0.0594. The number of carbonyl (C=O) groups is 2. The molecule has 8 nitrogen and oxygen atoms in total. The summed E-state index contributed by atoms with van der Waals surface area (Å²) in [5.41, 5.74) is 4.00. The Bertz CT molecular complexity index is 1410. The van der Waals surface area contributed by atoms with Crippen molar-refractivity contribution in [3.63, 3.8) is 0 Å². The fourth-order valence-electron chi connectivity index (χ4n) is 5.57. The van der Waals surface area contributed by atoms with Gasteiger partial charge in [-0.05, 0) is 80.0 Å². The normalized spacial score (nSPS) is 22.8. The average molecular weight is 533 g/mol. The zero-order valence-electron chi connectivity index (χ0n) is 21.5. The van der Waals surface area contributed by atoms with E-state index >= 15 is 0 Å². The molecule has 0 spiro atoms. The Morgan fingerprint density at radius 3 is 2.79 bits per heavy atom. The van der Waals surface area contributed by atoms with Gasteiger partial charge in [0.15, 0.2) is 0 Å². The van der Waals surface area contributed by atoms with Gasteiger partial charge in [0.25, 0.3) is 5.91 Å². The maximum atomic E-state index is 13.5. The van der Waals surface area contributed by atoms with Gasteiger partial charge in [-0.25, -0.2) is 4.79 Å². The third kappa shape index (κ3) is 4.61. The first kappa shape index (κ1) is 24.8. The molecular formula is C29H32N4O4S. The minimum atomic E-state index is -0.194. The third-order valence-corrected chi connectivity index (χ3v) is 8.83. The van der Waals surface area contributed by atoms with Crippen molar-refractivity contribution in [2.24, 2.45) is 0 Å². The molecule has 0 bridgehead atoms. The number of anilines is 3. The molecule has 2 aliphatic heterocycles. The molecule has 2 fully saturated rings. The van der Waals surface area contributed by atoms with Gasteiger partial charge < -0.3 is 25.4 Å². The molecule has 2 unspecified atom stereocenters. The number of hydrogen-bond donors (Lipinski definition) is 3. The number of aliphatic hydroxyl groups excluding tert-OH is 1. The van der Waals surface area contributed by atoms with Crippen molar-refractivity contribution in [1.29, 1.82) is 0 Å². The number of amides is 3. The van der Waals surface area contributed by atoms with E-state index in [1.54, 1.807) is 18.1 Å². The van der Waals surface area contributed by atoms with Gasteiger partial charge in [-0.3, -0.25) is 9.69 Å². The Morgan fingerprint density at radius 1 is 1.18 bits per heavy atom. The van der Waals surface area contributed by atoms with Gasteiger partial charge in [0.2, 0.25) is 0 Å². The van der Waals surface area contributed by atoms with Crippen LogP contribution < -0.4 is 15.5 Å². The first-order valence-corrected chi connectivity index (χ1v) is 13.9. The Morgan fingerprint density at radius 2 is 2.03 bits per heavy atom. The zero-order valence-corrected chi connectivity index (χ0v) is 22.3. The number of thiophene rings is 1. The quantitative estimate of drug-likeness (QED) is 0.361. The summed E-state index contributed by atoms with van der Waals surface area (Å²) in [4.78, 5) is 30.5. The first-order chi connectivity index (χ1) is 18.4. The molecule has 0 radical (unpaired) electrons. The van der Waals surface area contributed by atoms with E-state index in [-0.39, 0.29) is 30.1 Å². The molecule has 38 heavy (non-hydrogen) atoms. The zero-order chi connectivity index (χ0) is 26.4. The Kier molecular flexibility index (Phi) is 6.49. The number of nitrogens with zero attached hydrogens (tertiary/aromatic N) is 2. The Labute approximate surface area is 225 Å². The summed E-state index contributed by atoms with van der Waals surface area (Å²) in [6, 6.07) is 14.3. The second kappa shape index (κ2) is 9.96. The lowest BCUT2D eigenvalue weighted by molar-refractivity contribution is 0.0709. The predicted octanol–water partition coefficient (Wildman–Crippen LogP) is 5.57. The van der Waals surface area contributed by atoms with Gasteiger partial charge in [-0.1, -0.05) is 12.1 Å². The molecule has 2 aromatic carbocycles. The molecule has 1 saturated heterocycles. The topological polar surface area (TPSA) is 94.1 Å². The molecule has 3 aliphatic rings. The lowest BCUT2D eigenvalue weighted by Crippen LogP contribution is -2.44. The number of methoxy groups -OCH3 is 1. The molecule has 198 valence electrons. The van der Waals surface area contributed by atoms with E-state index in [1.165, 1.54) is 11.3 Å². The minimum Gasteiger partial charge on any atom is -0.516 e. The van der Waals surface area contributed by atoms with Crippen molar-refractivity contribution in [2.45, 2.75) is 56.8 Å². The molecule has 1 saturated carbocycles. The number of benzene rings is 2. The van der Waals surface area contributed by atoms with Gasteiger partial charge in [0.1, 0.15) is 0 Å². The molecule has 3 aromatic rings.